The molecule has 1 amide bonds. The number of carbonyl (C=O) groups is 1. The van der Waals surface area contributed by atoms with E-state index in [-0.39, 0.29) is 5.91 Å². The van der Waals surface area contributed by atoms with E-state index in [0.29, 0.717) is 22.8 Å². The normalized spacial score (nSPS) is 16.0. The summed E-state index contributed by atoms with van der Waals surface area (Å²) in [6.07, 6.45) is 7.04. The molecular formula is C22H25N5OS2. The number of carbonyl (C=O) groups excluding carboxylic acids is 1. The number of thioether (sulfide) groups is 1. The van der Waals surface area contributed by atoms with Crippen LogP contribution in [0.2, 0.25) is 0 Å². The van der Waals surface area contributed by atoms with E-state index in [2.05, 4.69) is 56.3 Å². The number of thiazole rings is 1. The number of aryl methyl sites for hydroxylation is 1. The first kappa shape index (κ1) is 19.8. The van der Waals surface area contributed by atoms with E-state index in [9.17, 15) is 4.79 Å². The van der Waals surface area contributed by atoms with E-state index in [4.69, 9.17) is 0 Å². The SMILES string of the molecule is CCCc1ccc(-c2csc(NC(=O)CSc3nnc(C4CC4)n3C3CC3)n2)cc1. The van der Waals surface area contributed by atoms with Crippen LogP contribution in [0.15, 0.2) is 34.8 Å². The lowest BCUT2D eigenvalue weighted by Gasteiger charge is -2.07. The lowest BCUT2D eigenvalue weighted by Crippen LogP contribution is -2.14. The predicted octanol–water partition coefficient (Wildman–Crippen LogP) is 5.30. The molecule has 2 fully saturated rings. The van der Waals surface area contributed by atoms with Crippen LogP contribution in [0.4, 0.5) is 5.13 Å². The Morgan fingerprint density at radius 2 is 2.00 bits per heavy atom. The highest BCUT2D eigenvalue weighted by atomic mass is 32.2. The molecule has 2 aliphatic carbocycles. The first-order valence-electron chi connectivity index (χ1n) is 10.6. The smallest absolute Gasteiger partial charge is 0.236 e. The summed E-state index contributed by atoms with van der Waals surface area (Å²) < 4.78 is 2.28. The Morgan fingerprint density at radius 3 is 2.70 bits per heavy atom. The molecule has 2 heterocycles. The van der Waals surface area contributed by atoms with E-state index in [1.165, 1.54) is 54.3 Å². The third kappa shape index (κ3) is 4.44. The first-order valence-corrected chi connectivity index (χ1v) is 12.5. The number of benzene rings is 1. The zero-order valence-electron chi connectivity index (χ0n) is 17.0. The van der Waals surface area contributed by atoms with Crippen molar-refractivity contribution in [2.24, 2.45) is 0 Å². The lowest BCUT2D eigenvalue weighted by molar-refractivity contribution is -0.113. The van der Waals surface area contributed by atoms with Gasteiger partial charge in [0.25, 0.3) is 0 Å². The average Bonchev–Trinajstić information content (AvgIpc) is 3.69. The van der Waals surface area contributed by atoms with Crippen molar-refractivity contribution in [3.05, 3.63) is 41.0 Å². The summed E-state index contributed by atoms with van der Waals surface area (Å²) >= 11 is 2.93. The molecule has 156 valence electrons. The van der Waals surface area contributed by atoms with Gasteiger partial charge >= 0.3 is 0 Å². The van der Waals surface area contributed by atoms with E-state index in [0.717, 1.165) is 35.1 Å². The molecule has 0 unspecified atom stereocenters. The summed E-state index contributed by atoms with van der Waals surface area (Å²) in [6, 6.07) is 9.04. The van der Waals surface area contributed by atoms with Gasteiger partial charge in [-0.3, -0.25) is 4.79 Å². The lowest BCUT2D eigenvalue weighted by atomic mass is 10.1. The summed E-state index contributed by atoms with van der Waals surface area (Å²) in [5.74, 6) is 1.95. The van der Waals surface area contributed by atoms with Crippen molar-refractivity contribution >= 4 is 34.1 Å². The second-order valence-electron chi connectivity index (χ2n) is 8.04. The van der Waals surface area contributed by atoms with Gasteiger partial charge in [-0.25, -0.2) is 4.98 Å². The van der Waals surface area contributed by atoms with Gasteiger partial charge in [0.2, 0.25) is 5.91 Å². The molecule has 0 aliphatic heterocycles. The molecule has 30 heavy (non-hydrogen) atoms. The van der Waals surface area contributed by atoms with Crippen molar-refractivity contribution < 1.29 is 4.79 Å². The van der Waals surface area contributed by atoms with Crippen LogP contribution < -0.4 is 5.32 Å². The third-order valence-corrected chi connectivity index (χ3v) is 7.12. The molecule has 1 N–H and O–H groups in total. The van der Waals surface area contributed by atoms with Crippen LogP contribution in [0.25, 0.3) is 11.3 Å². The summed E-state index contributed by atoms with van der Waals surface area (Å²) in [5, 5.41) is 15.2. The van der Waals surface area contributed by atoms with Crippen molar-refractivity contribution in [3.8, 4) is 11.3 Å². The number of nitrogens with one attached hydrogen (secondary N) is 1. The van der Waals surface area contributed by atoms with Crippen LogP contribution in [0.3, 0.4) is 0 Å². The van der Waals surface area contributed by atoms with Gasteiger partial charge in [-0.05, 0) is 37.7 Å². The number of amides is 1. The van der Waals surface area contributed by atoms with Gasteiger partial charge in [0, 0.05) is 22.9 Å². The van der Waals surface area contributed by atoms with Crippen molar-refractivity contribution in [3.63, 3.8) is 0 Å². The van der Waals surface area contributed by atoms with Crippen LogP contribution in [0.5, 0.6) is 0 Å². The number of hydrogen-bond donors (Lipinski definition) is 1. The molecule has 0 spiro atoms. The Balaban J connectivity index is 1.19. The van der Waals surface area contributed by atoms with Crippen molar-refractivity contribution in [1.82, 2.24) is 19.7 Å². The Morgan fingerprint density at radius 1 is 1.20 bits per heavy atom. The first-order chi connectivity index (χ1) is 14.7. The molecule has 0 saturated heterocycles. The molecule has 5 rings (SSSR count). The van der Waals surface area contributed by atoms with Crippen LogP contribution in [-0.4, -0.2) is 31.4 Å². The minimum absolute atomic E-state index is 0.0579. The van der Waals surface area contributed by atoms with Gasteiger partial charge in [-0.15, -0.1) is 21.5 Å². The highest BCUT2D eigenvalue weighted by Crippen LogP contribution is 2.46. The standard InChI is InChI=1S/C22H25N5OS2/c1-2-3-14-4-6-15(7-5-14)18-12-29-21(23-18)24-19(28)13-30-22-26-25-20(16-8-9-16)27(22)17-10-11-17/h4-7,12,16-17H,2-3,8-11,13H2,1H3,(H,23,24,28). The summed E-state index contributed by atoms with van der Waals surface area (Å²) in [7, 11) is 0. The average molecular weight is 440 g/mol. The van der Waals surface area contributed by atoms with Gasteiger partial charge in [0.05, 0.1) is 11.4 Å². The second-order valence-corrected chi connectivity index (χ2v) is 9.84. The quantitative estimate of drug-likeness (QED) is 0.458. The van der Waals surface area contributed by atoms with Crippen molar-refractivity contribution in [1.29, 1.82) is 0 Å². The van der Waals surface area contributed by atoms with Gasteiger partial charge in [0.1, 0.15) is 5.82 Å². The largest absolute Gasteiger partial charge is 0.303 e. The van der Waals surface area contributed by atoms with Gasteiger partial charge < -0.3 is 9.88 Å². The van der Waals surface area contributed by atoms with Crippen LogP contribution in [0.1, 0.15) is 62.4 Å². The Bertz CT molecular complexity index is 1030. The molecule has 2 aromatic heterocycles. The number of anilines is 1. The van der Waals surface area contributed by atoms with Gasteiger partial charge in [-0.1, -0.05) is 49.4 Å². The van der Waals surface area contributed by atoms with Crippen LogP contribution in [0, 0.1) is 0 Å². The minimum Gasteiger partial charge on any atom is -0.303 e. The van der Waals surface area contributed by atoms with Crippen LogP contribution >= 0.6 is 23.1 Å². The van der Waals surface area contributed by atoms with Crippen molar-refractivity contribution in [2.75, 3.05) is 11.1 Å². The highest BCUT2D eigenvalue weighted by molar-refractivity contribution is 7.99. The van der Waals surface area contributed by atoms with Crippen LogP contribution in [-0.2, 0) is 11.2 Å². The van der Waals surface area contributed by atoms with E-state index in [1.54, 1.807) is 0 Å². The molecule has 1 aromatic carbocycles. The topological polar surface area (TPSA) is 72.7 Å². The second kappa shape index (κ2) is 8.51. The Hall–Kier alpha value is -2.19. The maximum atomic E-state index is 12.5. The molecule has 6 nitrogen and oxygen atoms in total. The van der Waals surface area contributed by atoms with Gasteiger partial charge in [0.15, 0.2) is 10.3 Å². The Labute approximate surface area is 184 Å². The fourth-order valence-electron chi connectivity index (χ4n) is 3.56. The fraction of sp³-hybridized carbons (Fsp3) is 0.455. The molecule has 3 aromatic rings. The van der Waals surface area contributed by atoms with Crippen molar-refractivity contribution in [2.45, 2.75) is 62.6 Å². The number of hydrogen-bond acceptors (Lipinski definition) is 6. The molecular weight excluding hydrogens is 414 g/mol. The predicted molar refractivity (Wildman–Crippen MR) is 121 cm³/mol. The van der Waals surface area contributed by atoms with E-state index < -0.39 is 0 Å². The molecule has 2 saturated carbocycles. The third-order valence-electron chi connectivity index (χ3n) is 5.42. The fourth-order valence-corrected chi connectivity index (χ4v) is 5.11. The summed E-state index contributed by atoms with van der Waals surface area (Å²) in [5.41, 5.74) is 3.31. The molecule has 0 atom stereocenters. The number of nitrogens with zero attached hydrogens (tertiary/aromatic N) is 4. The maximum absolute atomic E-state index is 12.5. The molecule has 8 heteroatoms. The molecule has 0 radical (unpaired) electrons. The highest BCUT2D eigenvalue weighted by Gasteiger charge is 2.36. The minimum atomic E-state index is -0.0579. The van der Waals surface area contributed by atoms with Gasteiger partial charge in [-0.2, -0.15) is 0 Å². The number of rotatable bonds is 9. The summed E-state index contributed by atoms with van der Waals surface area (Å²) in [6.45, 7) is 2.18. The number of aromatic nitrogens is 4. The van der Waals surface area contributed by atoms with E-state index in [1.807, 2.05) is 5.38 Å². The zero-order valence-corrected chi connectivity index (χ0v) is 18.6. The zero-order chi connectivity index (χ0) is 20.5. The maximum Gasteiger partial charge on any atom is 0.236 e. The monoisotopic (exact) mass is 439 g/mol. The molecule has 2 aliphatic rings. The van der Waals surface area contributed by atoms with E-state index >= 15 is 0 Å². The summed E-state index contributed by atoms with van der Waals surface area (Å²) in [4.78, 5) is 17.1. The molecule has 0 bridgehead atoms. The Kier molecular flexibility index (Phi) is 5.60.